The second-order valence-corrected chi connectivity index (χ2v) is 12.0. The number of anilines is 1. The molecule has 0 saturated carbocycles. The van der Waals surface area contributed by atoms with Gasteiger partial charge in [-0.2, -0.15) is 17.4 Å². The van der Waals surface area contributed by atoms with Gasteiger partial charge in [-0.3, -0.25) is 9.36 Å². The van der Waals surface area contributed by atoms with Gasteiger partial charge < -0.3 is 25.1 Å². The minimum Gasteiger partial charge on any atom is -0.468 e. The lowest BCUT2D eigenvalue weighted by molar-refractivity contribution is -0.142. The maximum atomic E-state index is 13.6. The summed E-state index contributed by atoms with van der Waals surface area (Å²) < 4.78 is 47.6. The lowest BCUT2D eigenvalue weighted by atomic mass is 10.1. The number of amides is 1. The molecular formula is C25H33N7O8S. The summed E-state index contributed by atoms with van der Waals surface area (Å²) in [6, 6.07) is 7.34. The predicted octanol–water partition coefficient (Wildman–Crippen LogP) is 0.913. The number of hydrogen-bond acceptors (Lipinski definition) is 12. The van der Waals surface area contributed by atoms with Crippen LogP contribution in [0.5, 0.6) is 0 Å². The third-order valence-corrected chi connectivity index (χ3v) is 7.65. The van der Waals surface area contributed by atoms with Gasteiger partial charge in [0.15, 0.2) is 11.5 Å². The molecule has 4 N–H and O–H groups in total. The molecular weight excluding hydrogens is 558 g/mol. The fourth-order valence-corrected chi connectivity index (χ4v) is 5.53. The van der Waals surface area contributed by atoms with Crippen LogP contribution in [0, 0.1) is 0 Å². The highest BCUT2D eigenvalue weighted by Gasteiger charge is 2.43. The van der Waals surface area contributed by atoms with Crippen LogP contribution in [0.4, 0.5) is 10.6 Å². The molecule has 4 rings (SSSR count). The van der Waals surface area contributed by atoms with E-state index < -0.39 is 58.9 Å². The second-order valence-electron chi connectivity index (χ2n) is 10.4. The van der Waals surface area contributed by atoms with E-state index in [1.807, 2.05) is 0 Å². The van der Waals surface area contributed by atoms with Crippen LogP contribution in [-0.2, 0) is 35.6 Å². The monoisotopic (exact) mass is 591 g/mol. The van der Waals surface area contributed by atoms with Gasteiger partial charge in [0.05, 0.1) is 26.1 Å². The highest BCUT2D eigenvalue weighted by molar-refractivity contribution is 7.87. The number of imidazole rings is 1. The van der Waals surface area contributed by atoms with Gasteiger partial charge in [0.2, 0.25) is 0 Å². The summed E-state index contributed by atoms with van der Waals surface area (Å²) in [6.07, 6.45) is -1.69. The van der Waals surface area contributed by atoms with Crippen LogP contribution < -0.4 is 10.5 Å². The summed E-state index contributed by atoms with van der Waals surface area (Å²) in [5, 5.41) is 10.8. The number of aliphatic hydroxyl groups is 1. The van der Waals surface area contributed by atoms with Crippen molar-refractivity contribution in [2.24, 2.45) is 0 Å². The van der Waals surface area contributed by atoms with Crippen molar-refractivity contribution in [2.75, 3.05) is 19.4 Å². The van der Waals surface area contributed by atoms with Gasteiger partial charge in [0.1, 0.15) is 35.8 Å². The zero-order valence-corrected chi connectivity index (χ0v) is 23.8. The number of carbonyl (C=O) groups excluding carboxylic acids is 2. The number of aliphatic hydroxyl groups excluding tert-OH is 1. The van der Waals surface area contributed by atoms with Gasteiger partial charge in [0, 0.05) is 6.42 Å². The minimum atomic E-state index is -4.73. The van der Waals surface area contributed by atoms with Crippen LogP contribution in [0.25, 0.3) is 11.2 Å². The number of hydrogen-bond donors (Lipinski definition) is 3. The first-order chi connectivity index (χ1) is 19.3. The first-order valence-corrected chi connectivity index (χ1v) is 14.1. The first kappa shape index (κ1) is 30.1. The van der Waals surface area contributed by atoms with E-state index in [1.54, 1.807) is 51.1 Å². The van der Waals surface area contributed by atoms with Crippen molar-refractivity contribution < 1.29 is 37.3 Å². The number of nitrogens with zero attached hydrogens (tertiary/aromatic N) is 5. The molecule has 3 heterocycles. The molecule has 0 aliphatic carbocycles. The Labute approximate surface area is 236 Å². The Bertz CT molecular complexity index is 1490. The van der Waals surface area contributed by atoms with Crippen molar-refractivity contribution in [3.63, 3.8) is 0 Å². The normalized spacial score (nSPS) is 20.1. The van der Waals surface area contributed by atoms with Crippen molar-refractivity contribution in [2.45, 2.75) is 63.7 Å². The quantitative estimate of drug-likeness (QED) is 0.297. The van der Waals surface area contributed by atoms with Crippen LogP contribution in [-0.4, -0.2) is 86.9 Å². The molecule has 1 aromatic carbocycles. The maximum Gasteiger partial charge on any atom is 0.425 e. The van der Waals surface area contributed by atoms with Gasteiger partial charge in [0.25, 0.3) is 0 Å². The first-order valence-electron chi connectivity index (χ1n) is 12.7. The minimum absolute atomic E-state index is 0.0362. The largest absolute Gasteiger partial charge is 0.468 e. The van der Waals surface area contributed by atoms with Gasteiger partial charge in [-0.25, -0.2) is 19.7 Å². The standard InChI is InChI=1S/C25H33N7O8S/c1-25(2,3)40-24(35)32(41(36,37)30-16(23(34)38-4)10-15-8-6-5-7-9-15)12-18-17(33)11-19(39-18)31-14-29-20-21(26)27-13-28-22(20)31/h5-9,13-14,16-19,30,33H,10-12H2,1-4H3,(H2,26,27,28)/t16-,17-,18+,19+/m0/s1. The molecule has 222 valence electrons. The second kappa shape index (κ2) is 11.9. The average molecular weight is 592 g/mol. The van der Waals surface area contributed by atoms with E-state index in [2.05, 4.69) is 19.7 Å². The van der Waals surface area contributed by atoms with Gasteiger partial charge in [-0.1, -0.05) is 30.3 Å². The van der Waals surface area contributed by atoms with E-state index in [1.165, 1.54) is 17.2 Å². The zero-order chi connectivity index (χ0) is 29.9. The molecule has 0 unspecified atom stereocenters. The van der Waals surface area contributed by atoms with Crippen molar-refractivity contribution in [1.29, 1.82) is 0 Å². The number of carbonyl (C=O) groups is 2. The van der Waals surface area contributed by atoms with Crippen molar-refractivity contribution in [3.8, 4) is 0 Å². The molecule has 1 fully saturated rings. The molecule has 16 heteroatoms. The third-order valence-electron chi connectivity index (χ3n) is 6.19. The van der Waals surface area contributed by atoms with E-state index in [9.17, 15) is 23.1 Å². The van der Waals surface area contributed by atoms with Crippen molar-refractivity contribution in [1.82, 2.24) is 28.5 Å². The van der Waals surface area contributed by atoms with E-state index >= 15 is 0 Å². The predicted molar refractivity (Wildman–Crippen MR) is 145 cm³/mol. The Morgan fingerprint density at radius 1 is 1.24 bits per heavy atom. The summed E-state index contributed by atoms with van der Waals surface area (Å²) in [6.45, 7) is 4.10. The molecule has 0 bridgehead atoms. The summed E-state index contributed by atoms with van der Waals surface area (Å²) >= 11 is 0. The fraction of sp³-hybridized carbons (Fsp3) is 0.480. The van der Waals surface area contributed by atoms with Crippen LogP contribution >= 0.6 is 0 Å². The lowest BCUT2D eigenvalue weighted by Gasteiger charge is -2.30. The van der Waals surface area contributed by atoms with Crippen molar-refractivity contribution >= 4 is 39.3 Å². The van der Waals surface area contributed by atoms with Gasteiger partial charge in [-0.15, -0.1) is 0 Å². The van der Waals surface area contributed by atoms with Crippen molar-refractivity contribution in [3.05, 3.63) is 48.5 Å². The number of nitrogens with two attached hydrogens (primary N) is 1. The SMILES string of the molecule is COC(=O)[C@H](Cc1ccccc1)NS(=O)(=O)N(C[C@H]1O[C@@H](n2cnc3c(N)ncnc32)C[C@@H]1O)C(=O)OC(C)(C)C. The average Bonchev–Trinajstić information content (AvgIpc) is 3.49. The Kier molecular flexibility index (Phi) is 8.77. The van der Waals surface area contributed by atoms with Crippen LogP contribution in [0.3, 0.4) is 0 Å². The smallest absolute Gasteiger partial charge is 0.425 e. The zero-order valence-electron chi connectivity index (χ0n) is 23.0. The number of esters is 1. The molecule has 0 radical (unpaired) electrons. The van der Waals surface area contributed by atoms with Crippen LogP contribution in [0.15, 0.2) is 43.0 Å². The molecule has 41 heavy (non-hydrogen) atoms. The summed E-state index contributed by atoms with van der Waals surface area (Å²) in [5.41, 5.74) is 6.16. The topological polar surface area (TPSA) is 201 Å². The molecule has 1 amide bonds. The number of rotatable bonds is 9. The molecule has 15 nitrogen and oxygen atoms in total. The van der Waals surface area contributed by atoms with Crippen LogP contribution in [0.2, 0.25) is 0 Å². The number of fused-ring (bicyclic) bond motifs is 1. The number of ether oxygens (including phenoxy) is 3. The summed E-state index contributed by atoms with van der Waals surface area (Å²) in [4.78, 5) is 38.0. The van der Waals surface area contributed by atoms with E-state index in [0.717, 1.165) is 7.11 Å². The summed E-state index contributed by atoms with van der Waals surface area (Å²) in [5.74, 6) is -0.695. The fourth-order valence-electron chi connectivity index (χ4n) is 4.29. The van der Waals surface area contributed by atoms with E-state index in [-0.39, 0.29) is 18.7 Å². The molecule has 4 atom stereocenters. The number of benzene rings is 1. The van der Waals surface area contributed by atoms with E-state index in [0.29, 0.717) is 21.0 Å². The molecule has 1 aliphatic heterocycles. The molecule has 3 aromatic rings. The third kappa shape index (κ3) is 7.08. The summed E-state index contributed by atoms with van der Waals surface area (Å²) in [7, 11) is -3.60. The Morgan fingerprint density at radius 3 is 2.61 bits per heavy atom. The highest BCUT2D eigenvalue weighted by Crippen LogP contribution is 2.32. The Morgan fingerprint density at radius 2 is 1.95 bits per heavy atom. The molecule has 1 saturated heterocycles. The molecule has 1 aliphatic rings. The molecule has 2 aromatic heterocycles. The van der Waals surface area contributed by atoms with Crippen LogP contribution in [0.1, 0.15) is 39.0 Å². The Hall–Kier alpha value is -3.86. The maximum absolute atomic E-state index is 13.6. The highest BCUT2D eigenvalue weighted by atomic mass is 32.2. The van der Waals surface area contributed by atoms with Gasteiger partial charge >= 0.3 is 22.3 Å². The number of nitrogens with one attached hydrogen (secondary N) is 1. The number of methoxy groups -OCH3 is 1. The lowest BCUT2D eigenvalue weighted by Crippen LogP contribution is -2.54. The number of aromatic nitrogens is 4. The van der Waals surface area contributed by atoms with Gasteiger partial charge in [-0.05, 0) is 32.8 Å². The van der Waals surface area contributed by atoms with E-state index in [4.69, 9.17) is 19.9 Å². The molecule has 0 spiro atoms. The number of nitrogen functional groups attached to an aromatic ring is 1. The Balaban J connectivity index is 1.59.